The van der Waals surface area contributed by atoms with Gasteiger partial charge in [0.05, 0.1) is 22.2 Å². The minimum absolute atomic E-state index is 0.0479. The fourth-order valence-electron chi connectivity index (χ4n) is 5.12. The number of halogens is 2. The van der Waals surface area contributed by atoms with Crippen molar-refractivity contribution in [3.8, 4) is 17.0 Å². The Balaban J connectivity index is 1.61. The highest BCUT2D eigenvalue weighted by Gasteiger charge is 2.38. The highest BCUT2D eigenvalue weighted by molar-refractivity contribution is 6.42. The summed E-state index contributed by atoms with van der Waals surface area (Å²) in [6.07, 6.45) is 1.73. The summed E-state index contributed by atoms with van der Waals surface area (Å²) in [5.41, 5.74) is 3.16. The highest BCUT2D eigenvalue weighted by Crippen LogP contribution is 2.34. The van der Waals surface area contributed by atoms with Gasteiger partial charge in [-0.1, -0.05) is 29.3 Å². The Bertz CT molecular complexity index is 1140. The molecule has 5 nitrogen and oxygen atoms in total. The van der Waals surface area contributed by atoms with Gasteiger partial charge in [0.15, 0.2) is 0 Å². The molecule has 0 saturated carbocycles. The summed E-state index contributed by atoms with van der Waals surface area (Å²) in [5.74, 6) is 0.452. The second-order valence-electron chi connectivity index (χ2n) is 10.2. The van der Waals surface area contributed by atoms with Crippen LogP contribution in [0.25, 0.3) is 22.2 Å². The van der Waals surface area contributed by atoms with Crippen molar-refractivity contribution in [3.63, 3.8) is 0 Å². The predicted octanol–water partition coefficient (Wildman–Crippen LogP) is 6.58. The van der Waals surface area contributed by atoms with Crippen molar-refractivity contribution < 1.29 is 9.53 Å². The molecule has 0 radical (unpaired) electrons. The van der Waals surface area contributed by atoms with Crippen LogP contribution >= 0.6 is 23.2 Å². The fourth-order valence-corrected chi connectivity index (χ4v) is 5.46. The smallest absolute Gasteiger partial charge is 0.255 e. The van der Waals surface area contributed by atoms with E-state index in [1.54, 1.807) is 0 Å². The van der Waals surface area contributed by atoms with E-state index in [-0.39, 0.29) is 23.0 Å². The van der Waals surface area contributed by atoms with Crippen LogP contribution in [0.1, 0.15) is 57.8 Å². The molecule has 1 aliphatic heterocycles. The third-order valence-corrected chi connectivity index (χ3v) is 6.75. The molecule has 7 heteroatoms. The summed E-state index contributed by atoms with van der Waals surface area (Å²) in [4.78, 5) is 16.6. The molecule has 2 aromatic carbocycles. The number of carbonyl (C=O) groups excluding carboxylic acids is 1. The van der Waals surface area contributed by atoms with Crippen LogP contribution < -0.4 is 15.4 Å². The third kappa shape index (κ3) is 5.32. The minimum atomic E-state index is -0.112. The largest absolute Gasteiger partial charge is 0.493 e. The van der Waals surface area contributed by atoms with Crippen molar-refractivity contribution in [2.45, 2.75) is 64.6 Å². The number of carbonyl (C=O) groups is 1. The summed E-state index contributed by atoms with van der Waals surface area (Å²) in [6.45, 7) is 11.1. The van der Waals surface area contributed by atoms with Gasteiger partial charge in [-0.2, -0.15) is 0 Å². The molecule has 1 amide bonds. The number of aromatic nitrogens is 1. The first kappa shape index (κ1) is 23.9. The number of fused-ring (bicyclic) bond motifs is 1. The zero-order chi connectivity index (χ0) is 24.0. The molecule has 1 fully saturated rings. The van der Waals surface area contributed by atoms with Gasteiger partial charge in [0.25, 0.3) is 5.91 Å². The third-order valence-electron chi connectivity index (χ3n) is 6.02. The van der Waals surface area contributed by atoms with Gasteiger partial charge >= 0.3 is 0 Å². The Morgan fingerprint density at radius 1 is 1.06 bits per heavy atom. The predicted molar refractivity (Wildman–Crippen MR) is 137 cm³/mol. The Hall–Kier alpha value is -2.21. The van der Waals surface area contributed by atoms with E-state index in [4.69, 9.17) is 27.9 Å². The van der Waals surface area contributed by atoms with E-state index in [1.165, 1.54) is 0 Å². The van der Waals surface area contributed by atoms with Gasteiger partial charge in [-0.15, -0.1) is 0 Å². The average molecular weight is 488 g/mol. The molecule has 0 atom stereocenters. The maximum absolute atomic E-state index is 13.2. The van der Waals surface area contributed by atoms with E-state index in [2.05, 4.69) is 43.3 Å². The first-order valence-electron chi connectivity index (χ1n) is 11.3. The fraction of sp³-hybridized carbons (Fsp3) is 0.423. The van der Waals surface area contributed by atoms with Crippen molar-refractivity contribution >= 4 is 40.0 Å². The maximum atomic E-state index is 13.2. The van der Waals surface area contributed by atoms with E-state index in [1.807, 2.05) is 43.3 Å². The van der Waals surface area contributed by atoms with Crippen LogP contribution in [0, 0.1) is 0 Å². The van der Waals surface area contributed by atoms with Gasteiger partial charge in [-0.05, 0) is 77.8 Å². The van der Waals surface area contributed by atoms with Crippen molar-refractivity contribution in [2.24, 2.45) is 0 Å². The monoisotopic (exact) mass is 487 g/mol. The van der Waals surface area contributed by atoms with Crippen LogP contribution in [-0.4, -0.2) is 34.6 Å². The molecule has 1 aliphatic rings. The number of rotatable bonds is 5. The number of hydrogen-bond acceptors (Lipinski definition) is 3. The van der Waals surface area contributed by atoms with Gasteiger partial charge in [-0.25, -0.2) is 0 Å². The van der Waals surface area contributed by atoms with Crippen molar-refractivity contribution in [3.05, 3.63) is 52.0 Å². The zero-order valence-electron chi connectivity index (χ0n) is 19.7. The Morgan fingerprint density at radius 3 is 2.39 bits per heavy atom. The zero-order valence-corrected chi connectivity index (χ0v) is 21.2. The normalized spacial score (nSPS) is 17.8. The number of hydrogen-bond donors (Lipinski definition) is 3. The van der Waals surface area contributed by atoms with E-state index in [0.29, 0.717) is 28.0 Å². The molecular weight excluding hydrogens is 457 g/mol. The van der Waals surface area contributed by atoms with E-state index in [0.717, 1.165) is 35.0 Å². The SMILES string of the molecule is CCOc1cc(-c2cc3cc(Cl)c(Cl)cc3[nH]2)ccc1C(=O)NC1CC(C)(C)NC(C)(C)C1. The molecule has 3 aromatic rings. The van der Waals surface area contributed by atoms with Gasteiger partial charge in [0.2, 0.25) is 0 Å². The molecule has 176 valence electrons. The lowest BCUT2D eigenvalue weighted by atomic mass is 9.79. The average Bonchev–Trinajstić information content (AvgIpc) is 3.08. The molecule has 33 heavy (non-hydrogen) atoms. The Kier molecular flexibility index (Phi) is 6.43. The summed E-state index contributed by atoms with van der Waals surface area (Å²) >= 11 is 12.3. The first-order valence-corrected chi connectivity index (χ1v) is 12.1. The van der Waals surface area contributed by atoms with E-state index < -0.39 is 0 Å². The molecule has 4 rings (SSSR count). The number of H-pyrrole nitrogens is 1. The molecule has 1 saturated heterocycles. The Labute approximate surface area is 205 Å². The van der Waals surface area contributed by atoms with E-state index in [9.17, 15) is 4.79 Å². The number of benzene rings is 2. The lowest BCUT2D eigenvalue weighted by Crippen LogP contribution is -2.62. The standard InChI is InChI=1S/C26H31Cl2N3O2/c1-6-33-23-11-15(21-10-16-9-19(27)20(28)12-22(16)30-21)7-8-18(23)24(32)29-17-13-25(2,3)31-26(4,5)14-17/h7-12,17,30-31H,6,13-14H2,1-5H3,(H,29,32). The van der Waals surface area contributed by atoms with Crippen LogP contribution in [0.5, 0.6) is 5.75 Å². The van der Waals surface area contributed by atoms with E-state index >= 15 is 0 Å². The molecule has 0 aliphatic carbocycles. The van der Waals surface area contributed by atoms with Crippen LogP contribution in [0.4, 0.5) is 0 Å². The van der Waals surface area contributed by atoms with Gasteiger partial charge in [0.1, 0.15) is 5.75 Å². The minimum Gasteiger partial charge on any atom is -0.493 e. The molecule has 0 unspecified atom stereocenters. The highest BCUT2D eigenvalue weighted by atomic mass is 35.5. The number of ether oxygens (including phenoxy) is 1. The first-order chi connectivity index (χ1) is 15.5. The summed E-state index contributed by atoms with van der Waals surface area (Å²) < 4.78 is 5.87. The van der Waals surface area contributed by atoms with Crippen LogP contribution in [0.3, 0.4) is 0 Å². The van der Waals surface area contributed by atoms with Crippen molar-refractivity contribution in [1.29, 1.82) is 0 Å². The quantitative estimate of drug-likeness (QED) is 0.380. The van der Waals surface area contributed by atoms with Gasteiger partial charge < -0.3 is 20.4 Å². The molecule has 3 N–H and O–H groups in total. The number of amides is 1. The summed E-state index contributed by atoms with van der Waals surface area (Å²) in [6, 6.07) is 11.4. The van der Waals surface area contributed by atoms with Crippen LogP contribution in [0.15, 0.2) is 36.4 Å². The second-order valence-corrected chi connectivity index (χ2v) is 11.0. The van der Waals surface area contributed by atoms with Crippen LogP contribution in [0.2, 0.25) is 10.0 Å². The van der Waals surface area contributed by atoms with Crippen molar-refractivity contribution in [1.82, 2.24) is 15.6 Å². The molecule has 1 aromatic heterocycles. The van der Waals surface area contributed by atoms with Crippen LogP contribution in [-0.2, 0) is 0 Å². The van der Waals surface area contributed by atoms with Crippen molar-refractivity contribution in [2.75, 3.05) is 6.61 Å². The topological polar surface area (TPSA) is 66.2 Å². The summed E-state index contributed by atoms with van der Waals surface area (Å²) in [7, 11) is 0. The number of piperidine rings is 1. The molecule has 0 bridgehead atoms. The molecular formula is C26H31Cl2N3O2. The molecule has 0 spiro atoms. The van der Waals surface area contributed by atoms with Gasteiger partial charge in [0, 0.05) is 39.3 Å². The number of nitrogens with one attached hydrogen (secondary N) is 3. The maximum Gasteiger partial charge on any atom is 0.255 e. The lowest BCUT2D eigenvalue weighted by molar-refractivity contribution is 0.0869. The Morgan fingerprint density at radius 2 is 1.73 bits per heavy atom. The lowest BCUT2D eigenvalue weighted by Gasteiger charge is -2.46. The molecule has 2 heterocycles. The number of aromatic amines is 1. The summed E-state index contributed by atoms with van der Waals surface area (Å²) in [5, 5.41) is 8.88. The van der Waals surface area contributed by atoms with Gasteiger partial charge in [-0.3, -0.25) is 4.79 Å². The second kappa shape index (κ2) is 8.86.